The van der Waals surface area contributed by atoms with Crippen molar-refractivity contribution in [1.29, 1.82) is 0 Å². The van der Waals surface area contributed by atoms with Crippen LogP contribution >= 0.6 is 11.6 Å². The number of ketones is 1. The summed E-state index contributed by atoms with van der Waals surface area (Å²) in [4.78, 5) is 25.1. The molecule has 1 aromatic rings. The molecule has 2 unspecified atom stereocenters. The second-order valence-electron chi connectivity index (χ2n) is 8.46. The molecule has 0 amide bonds. The van der Waals surface area contributed by atoms with Gasteiger partial charge in [-0.05, 0) is 68.6 Å². The summed E-state index contributed by atoms with van der Waals surface area (Å²) in [6.45, 7) is -0.0855. The fraction of sp³-hybridized carbons (Fsp3) is 0.600. The number of alkyl halides is 1. The fourth-order valence-corrected chi connectivity index (χ4v) is 6.52. The van der Waals surface area contributed by atoms with E-state index in [0.29, 0.717) is 35.3 Å². The zero-order valence-corrected chi connectivity index (χ0v) is 15.2. The smallest absolute Gasteiger partial charge is 0.312 e. The van der Waals surface area contributed by atoms with Gasteiger partial charge in [0.25, 0.3) is 0 Å². The Labute approximate surface area is 156 Å². The number of carbonyl (C=O) groups is 2. The second kappa shape index (κ2) is 5.62. The third kappa shape index (κ3) is 2.59. The Hall–Kier alpha value is -1.75. The highest BCUT2D eigenvalue weighted by atomic mass is 35.5. The lowest BCUT2D eigenvalue weighted by Gasteiger charge is -2.58. The first-order valence-electron chi connectivity index (χ1n) is 9.24. The average Bonchev–Trinajstić information content (AvgIpc) is 3.04. The highest BCUT2D eigenvalue weighted by Crippen LogP contribution is 2.64. The Morgan fingerprint density at radius 2 is 1.85 bits per heavy atom. The highest BCUT2D eigenvalue weighted by Gasteiger charge is 2.60. The maximum atomic E-state index is 12.9. The van der Waals surface area contributed by atoms with Crippen molar-refractivity contribution in [2.45, 2.75) is 43.4 Å². The zero-order valence-electron chi connectivity index (χ0n) is 14.5. The number of Topliss-reactive ketones (excluding diaryl/α,β-unsaturated/α-hetero) is 1. The normalized spacial score (nSPS) is 36.2. The summed E-state index contributed by atoms with van der Waals surface area (Å²) in [6, 6.07) is 5.01. The third-order valence-corrected chi connectivity index (χ3v) is 6.89. The fourth-order valence-electron chi connectivity index (χ4n) is 5.83. The monoisotopic (exact) mass is 376 g/mol. The van der Waals surface area contributed by atoms with Crippen molar-refractivity contribution in [2.75, 3.05) is 13.4 Å². The molecule has 1 heterocycles. The van der Waals surface area contributed by atoms with Gasteiger partial charge in [0.05, 0.1) is 5.41 Å². The van der Waals surface area contributed by atoms with Gasteiger partial charge in [0.15, 0.2) is 23.9 Å². The van der Waals surface area contributed by atoms with Crippen molar-refractivity contribution < 1.29 is 23.8 Å². The van der Waals surface area contributed by atoms with Crippen LogP contribution < -0.4 is 9.47 Å². The Bertz CT molecular complexity index is 774. The third-order valence-electron chi connectivity index (χ3n) is 6.45. The average molecular weight is 377 g/mol. The summed E-state index contributed by atoms with van der Waals surface area (Å²) in [5.74, 6) is 1.73. The number of fused-ring (bicyclic) bond motifs is 1. The van der Waals surface area contributed by atoms with Crippen molar-refractivity contribution in [3.05, 3.63) is 23.8 Å². The Morgan fingerprint density at radius 1 is 1.12 bits per heavy atom. The van der Waals surface area contributed by atoms with Crippen LogP contribution in [0.15, 0.2) is 18.2 Å². The van der Waals surface area contributed by atoms with Crippen molar-refractivity contribution in [3.8, 4) is 11.5 Å². The number of esters is 1. The molecule has 4 fully saturated rings. The van der Waals surface area contributed by atoms with Gasteiger partial charge < -0.3 is 14.2 Å². The lowest BCUT2D eigenvalue weighted by Crippen LogP contribution is -2.56. The molecule has 26 heavy (non-hydrogen) atoms. The molecule has 0 radical (unpaired) electrons. The summed E-state index contributed by atoms with van der Waals surface area (Å²) in [6.07, 6.45) is 5.60. The van der Waals surface area contributed by atoms with Crippen LogP contribution in [0.4, 0.5) is 0 Å². The Balaban J connectivity index is 1.27. The van der Waals surface area contributed by atoms with Gasteiger partial charge in [-0.2, -0.15) is 0 Å². The number of hydrogen-bond acceptors (Lipinski definition) is 5. The van der Waals surface area contributed by atoms with E-state index in [1.807, 2.05) is 0 Å². The molecular weight excluding hydrogens is 356 g/mol. The minimum atomic E-state index is -0.485. The van der Waals surface area contributed by atoms with Gasteiger partial charge in [0.2, 0.25) is 6.79 Å². The van der Waals surface area contributed by atoms with Gasteiger partial charge in [-0.1, -0.05) is 0 Å². The van der Waals surface area contributed by atoms with Crippen LogP contribution in [0, 0.1) is 17.3 Å². The SMILES string of the molecule is O=C(COC(=O)C12C[C@@H]3C[C@@H](CC(Cl)(C3)C1)C2)c1ccc2c(c1)OCO2. The first-order chi connectivity index (χ1) is 12.4. The van der Waals surface area contributed by atoms with Crippen LogP contribution in [0.1, 0.15) is 48.9 Å². The molecule has 5 aliphatic rings. The van der Waals surface area contributed by atoms with Crippen LogP contribution in [-0.2, 0) is 9.53 Å². The van der Waals surface area contributed by atoms with Crippen LogP contribution in [0.5, 0.6) is 11.5 Å². The minimum absolute atomic E-state index is 0.160. The summed E-state index contributed by atoms with van der Waals surface area (Å²) < 4.78 is 16.0. The summed E-state index contributed by atoms with van der Waals surface area (Å²) in [7, 11) is 0. The molecule has 1 aromatic carbocycles. The van der Waals surface area contributed by atoms with E-state index in [9.17, 15) is 9.59 Å². The molecule has 6 rings (SSSR count). The first kappa shape index (κ1) is 16.4. The van der Waals surface area contributed by atoms with Gasteiger partial charge in [-0.3, -0.25) is 9.59 Å². The minimum Gasteiger partial charge on any atom is -0.457 e. The number of benzene rings is 1. The van der Waals surface area contributed by atoms with E-state index in [1.54, 1.807) is 18.2 Å². The van der Waals surface area contributed by atoms with Crippen LogP contribution in [0.2, 0.25) is 0 Å². The number of carbonyl (C=O) groups excluding carboxylic acids is 2. The molecule has 138 valence electrons. The molecule has 4 aliphatic carbocycles. The van der Waals surface area contributed by atoms with E-state index >= 15 is 0 Å². The summed E-state index contributed by atoms with van der Waals surface area (Å²) in [5, 5.41) is 0. The van der Waals surface area contributed by atoms with E-state index in [4.69, 9.17) is 25.8 Å². The van der Waals surface area contributed by atoms with Crippen molar-refractivity contribution in [3.63, 3.8) is 0 Å². The maximum absolute atomic E-state index is 12.9. The van der Waals surface area contributed by atoms with Gasteiger partial charge >= 0.3 is 5.97 Å². The largest absolute Gasteiger partial charge is 0.457 e. The number of hydrogen-bond donors (Lipinski definition) is 0. The molecule has 0 aromatic heterocycles. The number of rotatable bonds is 4. The first-order valence-corrected chi connectivity index (χ1v) is 9.62. The predicted molar refractivity (Wildman–Crippen MR) is 93.6 cm³/mol. The molecular formula is C20H21ClO5. The van der Waals surface area contributed by atoms with Crippen LogP contribution in [-0.4, -0.2) is 30.0 Å². The van der Waals surface area contributed by atoms with E-state index in [0.717, 1.165) is 25.7 Å². The summed E-state index contributed by atoms with van der Waals surface area (Å²) >= 11 is 6.78. The standard InChI is InChI=1S/C20H21ClO5/c21-20-7-12-3-13(8-20)6-19(5-12,10-20)18(23)24-9-15(22)14-1-2-16-17(4-14)26-11-25-16/h1-2,4,12-13H,3,5-11H2/t12-,13+,19?,20?. The highest BCUT2D eigenvalue weighted by molar-refractivity contribution is 6.24. The van der Waals surface area contributed by atoms with Gasteiger partial charge in [0.1, 0.15) is 0 Å². The predicted octanol–water partition coefficient (Wildman–Crippen LogP) is 3.72. The molecule has 6 heteroatoms. The molecule has 0 N–H and O–H groups in total. The van der Waals surface area contributed by atoms with Gasteiger partial charge in [-0.15, -0.1) is 11.6 Å². The topological polar surface area (TPSA) is 61.8 Å². The van der Waals surface area contributed by atoms with Crippen molar-refractivity contribution >= 4 is 23.4 Å². The van der Waals surface area contributed by atoms with Gasteiger partial charge in [-0.25, -0.2) is 0 Å². The van der Waals surface area contributed by atoms with Crippen molar-refractivity contribution in [2.24, 2.45) is 17.3 Å². The molecule has 1 aliphatic heterocycles. The molecule has 0 spiro atoms. The lowest BCUT2D eigenvalue weighted by molar-refractivity contribution is -0.168. The number of halogens is 1. The summed E-state index contributed by atoms with van der Waals surface area (Å²) in [5.41, 5.74) is -0.0255. The van der Waals surface area contributed by atoms with Crippen LogP contribution in [0.3, 0.4) is 0 Å². The maximum Gasteiger partial charge on any atom is 0.312 e. The van der Waals surface area contributed by atoms with E-state index < -0.39 is 5.41 Å². The zero-order chi connectivity index (χ0) is 17.9. The number of ether oxygens (including phenoxy) is 3. The molecule has 4 saturated carbocycles. The molecule has 4 bridgehead atoms. The Morgan fingerprint density at radius 3 is 2.58 bits per heavy atom. The molecule has 5 nitrogen and oxygen atoms in total. The van der Waals surface area contributed by atoms with Gasteiger partial charge in [0, 0.05) is 10.4 Å². The second-order valence-corrected chi connectivity index (χ2v) is 9.26. The van der Waals surface area contributed by atoms with E-state index in [1.165, 1.54) is 6.42 Å². The van der Waals surface area contributed by atoms with Crippen LogP contribution in [0.25, 0.3) is 0 Å². The molecule has 4 atom stereocenters. The van der Waals surface area contributed by atoms with E-state index in [2.05, 4.69) is 0 Å². The van der Waals surface area contributed by atoms with E-state index in [-0.39, 0.29) is 30.0 Å². The quantitative estimate of drug-likeness (QED) is 0.455. The van der Waals surface area contributed by atoms with Crippen molar-refractivity contribution in [1.82, 2.24) is 0 Å². The lowest BCUT2D eigenvalue weighted by atomic mass is 9.49. The molecule has 0 saturated heterocycles. The Kier molecular flexibility index (Phi) is 3.55.